The molecule has 0 aromatic heterocycles. The number of hydrogen-bond donors (Lipinski definition) is 1. The third-order valence-electron chi connectivity index (χ3n) is 9.12. The molecule has 10 heteroatoms. The highest BCUT2D eigenvalue weighted by Crippen LogP contribution is 2.50. The number of hydrogen-bond acceptors (Lipinski definition) is 6. The lowest BCUT2D eigenvalue weighted by atomic mass is 9.87. The molecule has 8 nitrogen and oxygen atoms in total. The van der Waals surface area contributed by atoms with Crippen molar-refractivity contribution in [3.05, 3.63) is 95.6 Å². The SMILES string of the molecule is CCCCS(=O)(=O)N(CCOc1ccc(C[C@H](Oc2ccc(C(C)(C)C)cc2)C(=O)O)cc1)C1[C@H]2CN(Cc3ccccc3)C[C@@H]12.Cl. The zero-order chi connectivity index (χ0) is 32.9. The summed E-state index contributed by atoms with van der Waals surface area (Å²) in [5, 5.41) is 9.81. The van der Waals surface area contributed by atoms with E-state index in [1.807, 2.05) is 49.4 Å². The number of carboxylic acids is 1. The summed E-state index contributed by atoms with van der Waals surface area (Å²) in [6.07, 6.45) is 0.643. The van der Waals surface area contributed by atoms with Crippen molar-refractivity contribution in [3.63, 3.8) is 0 Å². The van der Waals surface area contributed by atoms with Crippen molar-refractivity contribution < 1.29 is 27.8 Å². The third kappa shape index (κ3) is 9.72. The van der Waals surface area contributed by atoms with Gasteiger partial charge in [-0.15, -0.1) is 12.4 Å². The largest absolute Gasteiger partial charge is 0.492 e. The zero-order valence-electron chi connectivity index (χ0n) is 27.9. The minimum atomic E-state index is -3.39. The second kappa shape index (κ2) is 15.9. The van der Waals surface area contributed by atoms with Gasteiger partial charge < -0.3 is 14.6 Å². The zero-order valence-corrected chi connectivity index (χ0v) is 29.5. The van der Waals surface area contributed by atoms with Gasteiger partial charge in [0.25, 0.3) is 0 Å². The number of carboxylic acid groups (broad SMARTS) is 1. The smallest absolute Gasteiger partial charge is 0.345 e. The standard InChI is InChI=1S/C37H48N2O6S.ClH/c1-5-6-22-46(42,43)39(35-32-25-38(26-33(32)35)24-28-10-8-7-9-11-28)20-21-44-30-16-12-27(13-17-30)23-34(36(40)41)45-31-18-14-29(15-19-31)37(2,3)4;/h7-19,32-35H,5-6,20-26H2,1-4H3,(H,40,41);1H/t32-,33+,34-,35?;/m0./s1. The van der Waals surface area contributed by atoms with Crippen LogP contribution in [0.5, 0.6) is 11.5 Å². The highest BCUT2D eigenvalue weighted by atomic mass is 35.5. The van der Waals surface area contributed by atoms with Crippen molar-refractivity contribution >= 4 is 28.4 Å². The Balaban J connectivity index is 0.00000500. The van der Waals surface area contributed by atoms with Crippen LogP contribution in [0.25, 0.3) is 0 Å². The van der Waals surface area contributed by atoms with E-state index in [1.54, 1.807) is 16.4 Å². The lowest BCUT2D eigenvalue weighted by Crippen LogP contribution is -2.42. The van der Waals surface area contributed by atoms with Crippen LogP contribution >= 0.6 is 12.4 Å². The van der Waals surface area contributed by atoms with Crippen LogP contribution < -0.4 is 9.47 Å². The monoisotopic (exact) mass is 684 g/mol. The number of benzene rings is 3. The van der Waals surface area contributed by atoms with Crippen LogP contribution in [-0.4, -0.2) is 72.8 Å². The Morgan fingerprint density at radius 1 is 0.936 bits per heavy atom. The van der Waals surface area contributed by atoms with Crippen molar-refractivity contribution in [2.45, 2.75) is 71.1 Å². The fraction of sp³-hybridized carbons (Fsp3) is 0.486. The summed E-state index contributed by atoms with van der Waals surface area (Å²) in [6, 6.07) is 25.3. The van der Waals surface area contributed by atoms with Crippen molar-refractivity contribution in [2.75, 3.05) is 32.0 Å². The van der Waals surface area contributed by atoms with Gasteiger partial charge in [0, 0.05) is 38.6 Å². The van der Waals surface area contributed by atoms with Crippen LogP contribution in [0.15, 0.2) is 78.9 Å². The molecule has 2 aliphatic rings. The molecule has 1 unspecified atom stereocenters. The first-order valence-corrected chi connectivity index (χ1v) is 18.0. The van der Waals surface area contributed by atoms with E-state index >= 15 is 0 Å². The second-order valence-corrected chi connectivity index (χ2v) is 15.7. The fourth-order valence-corrected chi connectivity index (χ4v) is 8.39. The number of carbonyl (C=O) groups is 1. The van der Waals surface area contributed by atoms with Gasteiger partial charge in [0.2, 0.25) is 10.0 Å². The summed E-state index contributed by atoms with van der Waals surface area (Å²) in [5.74, 6) is 0.987. The van der Waals surface area contributed by atoms with Gasteiger partial charge in [0.1, 0.15) is 18.1 Å². The molecule has 0 amide bonds. The second-order valence-electron chi connectivity index (χ2n) is 13.7. The molecule has 1 N–H and O–H groups in total. The summed E-state index contributed by atoms with van der Waals surface area (Å²) in [6.45, 7) is 11.7. The van der Waals surface area contributed by atoms with Gasteiger partial charge in [0.15, 0.2) is 6.10 Å². The van der Waals surface area contributed by atoms with E-state index < -0.39 is 22.1 Å². The quantitative estimate of drug-likeness (QED) is 0.186. The van der Waals surface area contributed by atoms with Crippen molar-refractivity contribution in [3.8, 4) is 11.5 Å². The number of nitrogens with zero attached hydrogens (tertiary/aromatic N) is 2. The molecule has 1 aliphatic heterocycles. The normalized spacial score (nSPS) is 19.9. The van der Waals surface area contributed by atoms with Crippen LogP contribution in [0.3, 0.4) is 0 Å². The maximum absolute atomic E-state index is 13.4. The van der Waals surface area contributed by atoms with Crippen LogP contribution in [0, 0.1) is 11.8 Å². The summed E-state index contributed by atoms with van der Waals surface area (Å²) in [4.78, 5) is 14.4. The molecule has 256 valence electrons. The highest BCUT2D eigenvalue weighted by molar-refractivity contribution is 7.89. The molecule has 5 rings (SSSR count). The summed E-state index contributed by atoms with van der Waals surface area (Å²) >= 11 is 0. The number of sulfonamides is 1. The maximum atomic E-state index is 13.4. The maximum Gasteiger partial charge on any atom is 0.345 e. The van der Waals surface area contributed by atoms with Gasteiger partial charge in [0.05, 0.1) is 5.75 Å². The Bertz CT molecular complexity index is 1530. The molecule has 0 spiro atoms. The minimum absolute atomic E-state index is 0. The van der Waals surface area contributed by atoms with E-state index in [0.29, 0.717) is 36.3 Å². The number of fused-ring (bicyclic) bond motifs is 1. The lowest BCUT2D eigenvalue weighted by Gasteiger charge is -2.27. The van der Waals surface area contributed by atoms with E-state index in [9.17, 15) is 18.3 Å². The Morgan fingerprint density at radius 3 is 2.13 bits per heavy atom. The van der Waals surface area contributed by atoms with E-state index in [4.69, 9.17) is 9.47 Å². The average Bonchev–Trinajstić information content (AvgIpc) is 3.50. The van der Waals surface area contributed by atoms with Gasteiger partial charge in [-0.2, -0.15) is 4.31 Å². The summed E-state index contributed by atoms with van der Waals surface area (Å²) in [5.41, 5.74) is 3.23. The van der Waals surface area contributed by atoms with Crippen molar-refractivity contribution in [1.82, 2.24) is 9.21 Å². The van der Waals surface area contributed by atoms with Crippen LogP contribution in [-0.2, 0) is 33.2 Å². The molecular weight excluding hydrogens is 636 g/mol. The molecule has 47 heavy (non-hydrogen) atoms. The molecule has 4 atom stereocenters. The molecule has 3 aromatic rings. The van der Waals surface area contributed by atoms with Gasteiger partial charge in [-0.05, 0) is 64.6 Å². The van der Waals surface area contributed by atoms with Gasteiger partial charge in [-0.1, -0.05) is 88.7 Å². The van der Waals surface area contributed by atoms with Gasteiger partial charge in [-0.25, -0.2) is 13.2 Å². The number of likely N-dealkylation sites (tertiary alicyclic amines) is 1. The third-order valence-corrected chi connectivity index (χ3v) is 11.1. The van der Waals surface area contributed by atoms with Crippen molar-refractivity contribution in [2.24, 2.45) is 11.8 Å². The molecule has 1 saturated carbocycles. The van der Waals surface area contributed by atoms with E-state index in [1.165, 1.54) is 5.56 Å². The van der Waals surface area contributed by atoms with Gasteiger partial charge in [-0.3, -0.25) is 4.90 Å². The average molecular weight is 685 g/mol. The number of halogens is 1. The first-order valence-electron chi connectivity index (χ1n) is 16.4. The molecule has 1 heterocycles. The lowest BCUT2D eigenvalue weighted by molar-refractivity contribution is -0.145. The number of piperidine rings is 1. The molecule has 1 aliphatic carbocycles. The van der Waals surface area contributed by atoms with Gasteiger partial charge >= 0.3 is 5.97 Å². The van der Waals surface area contributed by atoms with Crippen LogP contribution in [0.4, 0.5) is 0 Å². The first kappa shape index (κ1) is 36.7. The Morgan fingerprint density at radius 2 is 1.55 bits per heavy atom. The molecule has 0 bridgehead atoms. The van der Waals surface area contributed by atoms with Crippen LogP contribution in [0.1, 0.15) is 57.2 Å². The summed E-state index contributed by atoms with van der Waals surface area (Å²) in [7, 11) is -3.39. The van der Waals surface area contributed by atoms with E-state index in [-0.39, 0.29) is 42.6 Å². The number of aliphatic carboxylic acids is 1. The number of ether oxygens (including phenoxy) is 2. The minimum Gasteiger partial charge on any atom is -0.492 e. The molecule has 0 radical (unpaired) electrons. The molecule has 1 saturated heterocycles. The Hall–Kier alpha value is -3.11. The number of unbranched alkanes of at least 4 members (excludes halogenated alkanes) is 1. The first-order chi connectivity index (χ1) is 21.9. The predicted octanol–water partition coefficient (Wildman–Crippen LogP) is 6.42. The predicted molar refractivity (Wildman–Crippen MR) is 188 cm³/mol. The summed E-state index contributed by atoms with van der Waals surface area (Å²) < 4.78 is 40.4. The molecular formula is C37H49ClN2O6S. The number of rotatable bonds is 16. The molecule has 3 aromatic carbocycles. The molecule has 2 fully saturated rings. The van der Waals surface area contributed by atoms with E-state index in [0.717, 1.165) is 37.2 Å². The van der Waals surface area contributed by atoms with Crippen molar-refractivity contribution in [1.29, 1.82) is 0 Å². The Kier molecular flexibility index (Phi) is 12.4. The van der Waals surface area contributed by atoms with E-state index in [2.05, 4.69) is 49.9 Å². The Labute approximate surface area is 286 Å². The fourth-order valence-electron chi connectivity index (χ4n) is 6.46. The van der Waals surface area contributed by atoms with Crippen LogP contribution in [0.2, 0.25) is 0 Å². The highest BCUT2D eigenvalue weighted by Gasteiger charge is 2.60. The topological polar surface area (TPSA) is 96.4 Å².